The van der Waals surface area contributed by atoms with Gasteiger partial charge in [0.1, 0.15) is 5.84 Å². The topological polar surface area (TPSA) is 207 Å². The Morgan fingerprint density at radius 3 is 2.37 bits per heavy atom. The molecule has 0 aliphatic carbocycles. The molecular formula is C24H24ClN5O7S. The number of benzene rings is 3. The van der Waals surface area contributed by atoms with E-state index in [1.807, 2.05) is 0 Å². The van der Waals surface area contributed by atoms with Crippen molar-refractivity contribution in [3.8, 4) is 11.5 Å². The zero-order valence-electron chi connectivity index (χ0n) is 19.9. The molecule has 0 atom stereocenters. The Balaban J connectivity index is 1.93. The molecule has 0 aliphatic rings. The number of hydrogen-bond acceptors (Lipinski definition) is 8. The van der Waals surface area contributed by atoms with E-state index in [9.17, 15) is 18.0 Å². The van der Waals surface area contributed by atoms with E-state index in [2.05, 4.69) is 10.6 Å². The average Bonchev–Trinajstić information content (AvgIpc) is 2.86. The first-order valence-electron chi connectivity index (χ1n) is 10.8. The third-order valence-corrected chi connectivity index (χ3v) is 6.27. The smallest absolute Gasteiger partial charge is 0.341 e. The van der Waals surface area contributed by atoms with Crippen LogP contribution in [0.2, 0.25) is 5.02 Å². The zero-order valence-corrected chi connectivity index (χ0v) is 21.5. The molecule has 0 bridgehead atoms. The lowest BCUT2D eigenvalue weighted by atomic mass is 10.1. The summed E-state index contributed by atoms with van der Waals surface area (Å²) in [6.07, 6.45) is 0. The fraction of sp³-hybridized carbons (Fsp3) is 0.125. The van der Waals surface area contributed by atoms with Crippen molar-refractivity contribution in [1.82, 2.24) is 0 Å². The molecule has 14 heteroatoms. The number of nitrogens with one attached hydrogen (secondary N) is 3. The molecule has 0 unspecified atom stereocenters. The van der Waals surface area contributed by atoms with Crippen LogP contribution in [0.4, 0.5) is 11.4 Å². The molecule has 38 heavy (non-hydrogen) atoms. The summed E-state index contributed by atoms with van der Waals surface area (Å²) < 4.78 is 34.6. The van der Waals surface area contributed by atoms with E-state index in [1.165, 1.54) is 19.2 Å². The highest BCUT2D eigenvalue weighted by atomic mass is 35.5. The summed E-state index contributed by atoms with van der Waals surface area (Å²) in [5, 5.41) is 27.8. The lowest BCUT2D eigenvalue weighted by Crippen LogP contribution is -2.17. The summed E-state index contributed by atoms with van der Waals surface area (Å²) in [5.41, 5.74) is 7.09. The van der Waals surface area contributed by atoms with Gasteiger partial charge in [0, 0.05) is 40.1 Å². The van der Waals surface area contributed by atoms with Crippen LogP contribution in [-0.2, 0) is 21.4 Å². The van der Waals surface area contributed by atoms with E-state index in [0.717, 1.165) is 6.07 Å². The molecule has 3 aromatic carbocycles. The number of nitrogen functional groups attached to an aromatic ring is 1. The van der Waals surface area contributed by atoms with Crippen molar-refractivity contribution in [3.63, 3.8) is 0 Å². The molecule has 200 valence electrons. The number of carbonyl (C=O) groups excluding carboxylic acids is 1. The molecule has 3 rings (SSSR count). The van der Waals surface area contributed by atoms with Crippen molar-refractivity contribution in [3.05, 3.63) is 76.3 Å². The number of anilines is 2. The largest absolute Gasteiger partial charge is 0.493 e. The third-order valence-electron chi connectivity index (χ3n) is 5.14. The Bertz CT molecular complexity index is 1490. The lowest BCUT2D eigenvalue weighted by molar-refractivity contribution is -0.139. The van der Waals surface area contributed by atoms with Gasteiger partial charge in [0.25, 0.3) is 5.91 Å². The van der Waals surface area contributed by atoms with Crippen LogP contribution >= 0.6 is 11.6 Å². The van der Waals surface area contributed by atoms with Gasteiger partial charge in [-0.3, -0.25) is 10.2 Å². The van der Waals surface area contributed by atoms with E-state index in [0.29, 0.717) is 16.9 Å². The molecular weight excluding hydrogens is 538 g/mol. The number of carboxylic acids is 1. The van der Waals surface area contributed by atoms with Gasteiger partial charge in [-0.1, -0.05) is 11.6 Å². The average molecular weight is 562 g/mol. The Kier molecular flexibility index (Phi) is 8.78. The number of halogens is 1. The minimum absolute atomic E-state index is 0.0136. The van der Waals surface area contributed by atoms with E-state index in [-0.39, 0.29) is 44.9 Å². The minimum Gasteiger partial charge on any atom is -0.493 e. The third kappa shape index (κ3) is 7.12. The Hall–Kier alpha value is -4.33. The van der Waals surface area contributed by atoms with Crippen molar-refractivity contribution in [2.24, 2.45) is 10.9 Å². The number of methoxy groups -OCH3 is 1. The van der Waals surface area contributed by atoms with Gasteiger partial charge in [-0.2, -0.15) is 0 Å². The van der Waals surface area contributed by atoms with Gasteiger partial charge < -0.3 is 30.9 Å². The van der Waals surface area contributed by atoms with Crippen LogP contribution in [0.3, 0.4) is 0 Å². The quantitative estimate of drug-likeness (QED) is 0.150. The number of hydrogen-bond donors (Lipinski definition) is 6. The number of rotatable bonds is 11. The van der Waals surface area contributed by atoms with Gasteiger partial charge in [-0.25, -0.2) is 18.4 Å². The first-order chi connectivity index (χ1) is 17.9. The molecule has 0 heterocycles. The summed E-state index contributed by atoms with van der Waals surface area (Å²) in [7, 11) is -2.88. The van der Waals surface area contributed by atoms with Crippen LogP contribution in [0.1, 0.15) is 21.5 Å². The molecule has 0 aromatic heterocycles. The number of amidine groups is 1. The highest BCUT2D eigenvalue weighted by Gasteiger charge is 2.20. The van der Waals surface area contributed by atoms with E-state index in [4.69, 9.17) is 42.5 Å². The second-order valence-electron chi connectivity index (χ2n) is 7.83. The summed E-state index contributed by atoms with van der Waals surface area (Å²) in [5.74, 6) is -1.93. The van der Waals surface area contributed by atoms with Crippen LogP contribution < -0.4 is 31.0 Å². The molecule has 12 nitrogen and oxygen atoms in total. The zero-order chi connectivity index (χ0) is 28.0. The van der Waals surface area contributed by atoms with Crippen LogP contribution in [0.5, 0.6) is 11.5 Å². The highest BCUT2D eigenvalue weighted by molar-refractivity contribution is 7.89. The van der Waals surface area contributed by atoms with Crippen molar-refractivity contribution in [2.45, 2.75) is 11.4 Å². The van der Waals surface area contributed by atoms with Gasteiger partial charge in [-0.05, 0) is 48.5 Å². The predicted octanol–water partition coefficient (Wildman–Crippen LogP) is 2.61. The van der Waals surface area contributed by atoms with Gasteiger partial charge in [0.2, 0.25) is 10.0 Å². The van der Waals surface area contributed by atoms with Gasteiger partial charge >= 0.3 is 5.97 Å². The normalized spacial score (nSPS) is 10.9. The first-order valence-corrected chi connectivity index (χ1v) is 12.7. The predicted molar refractivity (Wildman–Crippen MR) is 142 cm³/mol. The number of carboxylic acid groups (broad SMARTS) is 1. The SMILES string of the molecule is COc1cc(S(N)(=O)=O)cc(CNc2ccc(Cl)cc2C(=O)Nc2ccc(C(=N)N)cc2)c1OCC(=O)O. The second-order valence-corrected chi connectivity index (χ2v) is 9.83. The standard InChI is InChI=1S/C24H24ClN5O7S/c1-36-20-10-17(38(28,34)35)8-14(22(20)37-12-21(31)32)11-29-19-7-4-15(25)9-18(19)24(33)30-16-5-2-13(3-6-16)23(26)27/h2-10,29H,11-12H2,1H3,(H3,26,27)(H,30,33)(H,31,32)(H2,28,34,35). The van der Waals surface area contributed by atoms with Crippen LogP contribution in [0.25, 0.3) is 0 Å². The monoisotopic (exact) mass is 561 g/mol. The summed E-state index contributed by atoms with van der Waals surface area (Å²) in [6.45, 7) is -0.820. The van der Waals surface area contributed by atoms with Gasteiger partial charge in [-0.15, -0.1) is 0 Å². The molecule has 0 radical (unpaired) electrons. The van der Waals surface area contributed by atoms with E-state index >= 15 is 0 Å². The molecule has 0 saturated carbocycles. The van der Waals surface area contributed by atoms with Gasteiger partial charge in [0.15, 0.2) is 18.1 Å². The van der Waals surface area contributed by atoms with Crippen LogP contribution in [0.15, 0.2) is 59.5 Å². The summed E-state index contributed by atoms with van der Waals surface area (Å²) in [4.78, 5) is 23.9. The van der Waals surface area contributed by atoms with Gasteiger partial charge in [0.05, 0.1) is 17.6 Å². The van der Waals surface area contributed by atoms with Crippen LogP contribution in [0, 0.1) is 5.41 Å². The van der Waals surface area contributed by atoms with Crippen molar-refractivity contribution < 1.29 is 32.6 Å². The van der Waals surface area contributed by atoms with E-state index in [1.54, 1.807) is 36.4 Å². The molecule has 3 aromatic rings. The maximum Gasteiger partial charge on any atom is 0.341 e. The molecule has 0 saturated heterocycles. The molecule has 0 fully saturated rings. The minimum atomic E-state index is -4.14. The van der Waals surface area contributed by atoms with Crippen LogP contribution in [-0.4, -0.2) is 45.0 Å². The maximum absolute atomic E-state index is 13.1. The Morgan fingerprint density at radius 2 is 1.79 bits per heavy atom. The number of carbonyl (C=O) groups is 2. The molecule has 1 amide bonds. The Labute approximate surface area is 223 Å². The first kappa shape index (κ1) is 28.2. The number of amides is 1. The van der Waals surface area contributed by atoms with Crippen molar-refractivity contribution >= 4 is 50.7 Å². The molecule has 8 N–H and O–H groups in total. The maximum atomic E-state index is 13.1. The number of primary sulfonamides is 1. The number of sulfonamides is 1. The summed E-state index contributed by atoms with van der Waals surface area (Å²) in [6, 6.07) is 13.2. The van der Waals surface area contributed by atoms with Crippen molar-refractivity contribution in [1.29, 1.82) is 5.41 Å². The number of ether oxygens (including phenoxy) is 2. The number of aliphatic carboxylic acids is 1. The van der Waals surface area contributed by atoms with Crippen molar-refractivity contribution in [2.75, 3.05) is 24.4 Å². The fourth-order valence-electron chi connectivity index (χ4n) is 3.36. The molecule has 0 spiro atoms. The Morgan fingerprint density at radius 1 is 1.11 bits per heavy atom. The second kappa shape index (κ2) is 11.8. The molecule has 0 aliphatic heterocycles. The number of nitrogens with two attached hydrogens (primary N) is 2. The fourth-order valence-corrected chi connectivity index (χ4v) is 4.11. The summed E-state index contributed by atoms with van der Waals surface area (Å²) >= 11 is 6.13. The van der Waals surface area contributed by atoms with E-state index < -0.39 is 28.5 Å². The lowest BCUT2D eigenvalue weighted by Gasteiger charge is -2.18. The highest BCUT2D eigenvalue weighted by Crippen LogP contribution is 2.35.